The summed E-state index contributed by atoms with van der Waals surface area (Å²) in [6.07, 6.45) is -0.130. The number of hydrogen-bond donors (Lipinski definition) is 1. The second-order valence-corrected chi connectivity index (χ2v) is 14.4. The van der Waals surface area contributed by atoms with E-state index >= 15 is 0 Å². The van der Waals surface area contributed by atoms with Crippen LogP contribution in [0.3, 0.4) is 0 Å². The fourth-order valence-electron chi connectivity index (χ4n) is 4.56. The van der Waals surface area contributed by atoms with E-state index in [4.69, 9.17) is 49.0 Å². The van der Waals surface area contributed by atoms with Crippen LogP contribution in [-0.2, 0) is 49.4 Å². The molecule has 5 atom stereocenters. The molecule has 2 amide bonds. The van der Waals surface area contributed by atoms with Crippen LogP contribution in [0.1, 0.15) is 32.1 Å². The van der Waals surface area contributed by atoms with Gasteiger partial charge >= 0.3 is 17.9 Å². The van der Waals surface area contributed by atoms with Gasteiger partial charge in [0.05, 0.1) is 13.0 Å². The maximum atomic E-state index is 13.6. The van der Waals surface area contributed by atoms with E-state index < -0.39 is 74.6 Å². The fourth-order valence-corrected chi connectivity index (χ4v) is 7.23. The van der Waals surface area contributed by atoms with Crippen molar-refractivity contribution in [3.63, 3.8) is 0 Å². The predicted molar refractivity (Wildman–Crippen MR) is 153 cm³/mol. The molecule has 1 N–H and O–H groups in total. The largest absolute Gasteiger partial charge is 0.465 e. The molecule has 1 aromatic heterocycles. The number of nitrogens with zero attached hydrogens (tertiary/aromatic N) is 1. The lowest BCUT2D eigenvalue weighted by Crippen LogP contribution is -2.75. The number of halogens is 3. The molecule has 2 saturated heterocycles. The molecule has 4 unspecified atom stereocenters. The van der Waals surface area contributed by atoms with Crippen molar-refractivity contribution >= 4 is 93.4 Å². The Bertz CT molecular complexity index is 1180. The Balaban J connectivity index is 1.95. The van der Waals surface area contributed by atoms with E-state index in [1.807, 2.05) is 11.4 Å². The number of ether oxygens (including phenoxy) is 3. The molecule has 3 rings (SSSR count). The average molecular weight is 672 g/mol. The summed E-state index contributed by atoms with van der Waals surface area (Å²) in [5, 5.41) is 3.01. The molecule has 2 aliphatic rings. The van der Waals surface area contributed by atoms with Crippen LogP contribution in [-0.4, -0.2) is 87.2 Å². The highest BCUT2D eigenvalue weighted by Gasteiger charge is 2.63. The number of hydrogen-bond acceptors (Lipinski definition) is 11. The van der Waals surface area contributed by atoms with Crippen LogP contribution in [0.15, 0.2) is 17.5 Å². The Labute approximate surface area is 259 Å². The number of carbonyl (C=O) groups excluding carboxylic acids is 6. The Morgan fingerprint density at radius 2 is 1.88 bits per heavy atom. The second kappa shape index (κ2) is 13.9. The van der Waals surface area contributed by atoms with Crippen molar-refractivity contribution in [2.24, 2.45) is 11.3 Å². The normalized spacial score (nSPS) is 24.4. The van der Waals surface area contributed by atoms with Crippen LogP contribution in [0.5, 0.6) is 0 Å². The Morgan fingerprint density at radius 3 is 2.44 bits per heavy atom. The van der Waals surface area contributed by atoms with Crippen LogP contribution in [0.2, 0.25) is 0 Å². The first-order valence-electron chi connectivity index (χ1n) is 12.5. The van der Waals surface area contributed by atoms with E-state index in [1.165, 1.54) is 23.2 Å². The number of nitrogens with one attached hydrogen (secondary N) is 1. The highest BCUT2D eigenvalue weighted by atomic mass is 35.6. The average Bonchev–Trinajstić information content (AvgIpc) is 3.40. The highest BCUT2D eigenvalue weighted by Crippen LogP contribution is 2.50. The molecule has 1 aromatic rings. The van der Waals surface area contributed by atoms with Crippen molar-refractivity contribution in [1.82, 2.24) is 10.2 Å². The molecule has 0 aromatic carbocycles. The lowest BCUT2D eigenvalue weighted by Gasteiger charge is -2.57. The molecule has 2 fully saturated rings. The van der Waals surface area contributed by atoms with Gasteiger partial charge in [0, 0.05) is 23.6 Å². The molecule has 16 heteroatoms. The summed E-state index contributed by atoms with van der Waals surface area (Å²) >= 11 is 19.8. The summed E-state index contributed by atoms with van der Waals surface area (Å²) in [7, 11) is 0. The SMILES string of the molecule is CCOC(=O)C(CC1S[C@@H]2C(NC(=O)Cc3cccs3)C(=O)N2CC1(COC(C)=O)C(=O)OCC(Cl)(Cl)Cl)C(C)=O. The molecule has 0 spiro atoms. The number of alkyl halides is 3. The minimum absolute atomic E-state index is 0.0214. The highest BCUT2D eigenvalue weighted by molar-refractivity contribution is 8.00. The third-order valence-corrected chi connectivity index (χ3v) is 9.54. The first-order valence-corrected chi connectivity index (χ1v) is 15.5. The van der Waals surface area contributed by atoms with E-state index in [2.05, 4.69) is 5.32 Å². The van der Waals surface area contributed by atoms with Gasteiger partial charge < -0.3 is 24.4 Å². The van der Waals surface area contributed by atoms with Gasteiger partial charge in [0.15, 0.2) is 0 Å². The number of thioether (sulfide) groups is 1. The summed E-state index contributed by atoms with van der Waals surface area (Å²) in [6, 6.07) is 2.69. The lowest BCUT2D eigenvalue weighted by molar-refractivity contribution is -0.172. The van der Waals surface area contributed by atoms with Gasteiger partial charge in [-0.2, -0.15) is 0 Å². The van der Waals surface area contributed by atoms with Gasteiger partial charge in [-0.3, -0.25) is 28.8 Å². The molecule has 0 aliphatic carbocycles. The first-order chi connectivity index (χ1) is 19.2. The standard InChI is InChI=1S/C25H29Cl3N2O9S2/c1-4-37-22(35)16(13(2)31)9-17-24(11-38-14(3)32,23(36)39-12-25(26,27)28)10-30-20(34)19(21(30)41-17)29-18(33)8-15-6-5-7-40-15/h5-7,16-17,19,21H,4,8-12H2,1-3H3,(H,29,33)/t16?,17?,19?,21-,24?/m1/s1. The van der Waals surface area contributed by atoms with Gasteiger partial charge in [0.25, 0.3) is 0 Å². The number of ketones is 1. The van der Waals surface area contributed by atoms with Crippen molar-refractivity contribution in [2.75, 3.05) is 26.4 Å². The van der Waals surface area contributed by atoms with Gasteiger partial charge in [0.2, 0.25) is 15.6 Å². The zero-order chi connectivity index (χ0) is 30.5. The molecule has 0 saturated carbocycles. The number of amides is 2. The Hall–Kier alpha value is -2.06. The van der Waals surface area contributed by atoms with E-state index in [0.29, 0.717) is 0 Å². The van der Waals surface area contributed by atoms with E-state index in [9.17, 15) is 28.8 Å². The van der Waals surface area contributed by atoms with E-state index in [1.54, 1.807) is 13.0 Å². The summed E-state index contributed by atoms with van der Waals surface area (Å²) in [5.41, 5.74) is -1.75. The zero-order valence-corrected chi connectivity index (χ0v) is 26.3. The second-order valence-electron chi connectivity index (χ2n) is 9.56. The quantitative estimate of drug-likeness (QED) is 0.116. The van der Waals surface area contributed by atoms with Crippen LogP contribution in [0.25, 0.3) is 0 Å². The van der Waals surface area contributed by atoms with Crippen molar-refractivity contribution in [3.8, 4) is 0 Å². The monoisotopic (exact) mass is 670 g/mol. The summed E-state index contributed by atoms with van der Waals surface area (Å²) < 4.78 is 13.7. The van der Waals surface area contributed by atoms with Crippen molar-refractivity contribution < 1.29 is 43.0 Å². The van der Waals surface area contributed by atoms with Crippen LogP contribution in [0.4, 0.5) is 0 Å². The summed E-state index contributed by atoms with van der Waals surface area (Å²) in [6.45, 7) is 2.47. The number of thiophene rings is 1. The number of Topliss-reactive ketones (excluding diaryl/α,β-unsaturated/α-hetero) is 1. The first kappa shape index (κ1) is 33.4. The van der Waals surface area contributed by atoms with E-state index in [0.717, 1.165) is 23.6 Å². The number of β-lactam (4-membered cyclic amide) rings is 1. The third kappa shape index (κ3) is 8.28. The number of carbonyl (C=O) groups is 6. The molecule has 11 nitrogen and oxygen atoms in total. The fraction of sp³-hybridized carbons (Fsp3) is 0.600. The topological polar surface area (TPSA) is 145 Å². The molecule has 2 aliphatic heterocycles. The molecule has 0 bridgehead atoms. The van der Waals surface area contributed by atoms with Crippen LogP contribution in [0, 0.1) is 11.3 Å². The van der Waals surface area contributed by atoms with Crippen molar-refractivity contribution in [2.45, 2.75) is 54.1 Å². The Morgan fingerprint density at radius 1 is 1.17 bits per heavy atom. The van der Waals surface area contributed by atoms with Gasteiger partial charge in [-0.25, -0.2) is 0 Å². The minimum atomic E-state index is -1.96. The molecule has 0 radical (unpaired) electrons. The molecular weight excluding hydrogens is 643 g/mol. The maximum Gasteiger partial charge on any atom is 0.318 e. The molecule has 226 valence electrons. The number of fused-ring (bicyclic) bond motifs is 1. The van der Waals surface area contributed by atoms with E-state index in [-0.39, 0.29) is 31.9 Å². The minimum Gasteiger partial charge on any atom is -0.465 e. The zero-order valence-electron chi connectivity index (χ0n) is 22.4. The number of rotatable bonds is 12. The Kier molecular flexibility index (Phi) is 11.4. The number of esters is 3. The predicted octanol–water partition coefficient (Wildman–Crippen LogP) is 2.68. The van der Waals surface area contributed by atoms with Crippen molar-refractivity contribution in [1.29, 1.82) is 0 Å². The van der Waals surface area contributed by atoms with Gasteiger partial charge in [-0.1, -0.05) is 40.9 Å². The van der Waals surface area contributed by atoms with Gasteiger partial charge in [0.1, 0.15) is 41.7 Å². The van der Waals surface area contributed by atoms with Crippen LogP contribution < -0.4 is 5.32 Å². The molecule has 41 heavy (non-hydrogen) atoms. The molecule has 3 heterocycles. The smallest absolute Gasteiger partial charge is 0.318 e. The third-order valence-electron chi connectivity index (χ3n) is 6.56. The summed E-state index contributed by atoms with van der Waals surface area (Å²) in [5.74, 6) is -5.06. The summed E-state index contributed by atoms with van der Waals surface area (Å²) in [4.78, 5) is 78.7. The van der Waals surface area contributed by atoms with Crippen LogP contribution >= 0.6 is 57.9 Å². The van der Waals surface area contributed by atoms with Crippen molar-refractivity contribution in [3.05, 3.63) is 22.4 Å². The lowest BCUT2D eigenvalue weighted by atomic mass is 9.78. The van der Waals surface area contributed by atoms with Gasteiger partial charge in [-0.15, -0.1) is 23.1 Å². The van der Waals surface area contributed by atoms with Gasteiger partial charge in [-0.05, 0) is 31.7 Å². The maximum absolute atomic E-state index is 13.6. The molecular formula is C25H29Cl3N2O9S2.